The predicted octanol–water partition coefficient (Wildman–Crippen LogP) is 4.42. The first kappa shape index (κ1) is 16.0. The summed E-state index contributed by atoms with van der Waals surface area (Å²) in [6.45, 7) is 9.22. The molecule has 0 bridgehead atoms. The number of carbonyl (C=O) groups excluding carboxylic acids is 1. The molecule has 0 spiro atoms. The highest BCUT2D eigenvalue weighted by Gasteiger charge is 2.47. The standard InChI is InChI=1S/C17H30O2Si/c1-5-20(6-2,7-3)19-17-13(4)11-16-14(12-18)9-8-10-15(16)17/h8-9,12-17H,5-7,10-11H2,1-4H3/t13-,14-,15+,16-,17-/m1/s1. The molecule has 0 saturated heterocycles. The molecule has 0 heterocycles. The van der Waals surface area contributed by atoms with Crippen molar-refractivity contribution in [2.45, 2.75) is 64.8 Å². The fourth-order valence-electron chi connectivity index (χ4n) is 4.33. The Bertz CT molecular complexity index is 354. The highest BCUT2D eigenvalue weighted by molar-refractivity contribution is 6.73. The molecule has 114 valence electrons. The summed E-state index contributed by atoms with van der Waals surface area (Å²) in [5.74, 6) is 1.83. The van der Waals surface area contributed by atoms with E-state index in [0.29, 0.717) is 23.9 Å². The van der Waals surface area contributed by atoms with Gasteiger partial charge in [0, 0.05) is 5.92 Å². The molecule has 0 N–H and O–H groups in total. The minimum Gasteiger partial charge on any atom is -0.413 e. The minimum atomic E-state index is -1.55. The maximum Gasteiger partial charge on any atom is 0.192 e. The Hall–Kier alpha value is -0.413. The molecule has 0 radical (unpaired) electrons. The molecule has 0 unspecified atom stereocenters. The van der Waals surface area contributed by atoms with Crippen LogP contribution in [0.1, 0.15) is 40.5 Å². The van der Waals surface area contributed by atoms with Gasteiger partial charge in [-0.2, -0.15) is 0 Å². The zero-order valence-corrected chi connectivity index (χ0v) is 14.5. The summed E-state index contributed by atoms with van der Waals surface area (Å²) in [6.07, 6.45) is 8.12. The molecular weight excluding hydrogens is 264 g/mol. The lowest BCUT2D eigenvalue weighted by molar-refractivity contribution is -0.111. The van der Waals surface area contributed by atoms with E-state index in [0.717, 1.165) is 19.1 Å². The van der Waals surface area contributed by atoms with Crippen LogP contribution in [0.25, 0.3) is 0 Å². The molecule has 3 heteroatoms. The number of aldehydes is 1. The van der Waals surface area contributed by atoms with E-state index < -0.39 is 8.32 Å². The molecule has 0 aromatic rings. The third kappa shape index (κ3) is 2.80. The molecule has 0 aromatic heterocycles. The summed E-state index contributed by atoms with van der Waals surface area (Å²) >= 11 is 0. The highest BCUT2D eigenvalue weighted by Crippen LogP contribution is 2.48. The highest BCUT2D eigenvalue weighted by atomic mass is 28.4. The number of allylic oxidation sites excluding steroid dienone is 2. The average Bonchev–Trinajstić information content (AvgIpc) is 2.80. The molecule has 2 nitrogen and oxygen atoms in total. The Balaban J connectivity index is 2.16. The molecule has 1 saturated carbocycles. The van der Waals surface area contributed by atoms with Crippen molar-refractivity contribution >= 4 is 14.6 Å². The van der Waals surface area contributed by atoms with Gasteiger partial charge in [-0.1, -0.05) is 39.8 Å². The second-order valence-electron chi connectivity index (χ2n) is 6.74. The Morgan fingerprint density at radius 1 is 1.20 bits per heavy atom. The number of fused-ring (bicyclic) bond motifs is 1. The summed E-state index contributed by atoms with van der Waals surface area (Å²) in [6, 6.07) is 3.65. The van der Waals surface area contributed by atoms with Gasteiger partial charge in [0.2, 0.25) is 0 Å². The fraction of sp³-hybridized carbons (Fsp3) is 0.824. The van der Waals surface area contributed by atoms with Crippen molar-refractivity contribution in [1.82, 2.24) is 0 Å². The lowest BCUT2D eigenvalue weighted by Gasteiger charge is -2.37. The maximum atomic E-state index is 11.3. The van der Waals surface area contributed by atoms with Crippen molar-refractivity contribution in [3.63, 3.8) is 0 Å². The Morgan fingerprint density at radius 3 is 2.40 bits per heavy atom. The zero-order chi connectivity index (χ0) is 14.8. The van der Waals surface area contributed by atoms with Gasteiger partial charge in [-0.25, -0.2) is 0 Å². The van der Waals surface area contributed by atoms with Crippen LogP contribution in [-0.4, -0.2) is 20.7 Å². The van der Waals surface area contributed by atoms with Gasteiger partial charge in [-0.3, -0.25) is 0 Å². The summed E-state index contributed by atoms with van der Waals surface area (Å²) in [7, 11) is -1.55. The van der Waals surface area contributed by atoms with Crippen molar-refractivity contribution in [3.8, 4) is 0 Å². The molecular formula is C17H30O2Si. The molecule has 5 atom stereocenters. The zero-order valence-electron chi connectivity index (χ0n) is 13.5. The molecule has 0 aliphatic heterocycles. The monoisotopic (exact) mass is 294 g/mol. The first-order chi connectivity index (χ1) is 9.60. The van der Waals surface area contributed by atoms with Crippen LogP contribution in [0.3, 0.4) is 0 Å². The molecule has 2 aliphatic carbocycles. The molecule has 1 fully saturated rings. The third-order valence-corrected chi connectivity index (χ3v) is 10.6. The molecule has 2 rings (SSSR count). The maximum absolute atomic E-state index is 11.3. The van der Waals surface area contributed by atoms with Crippen LogP contribution in [-0.2, 0) is 9.22 Å². The van der Waals surface area contributed by atoms with Gasteiger partial charge < -0.3 is 9.22 Å². The normalized spacial score (nSPS) is 36.9. The average molecular weight is 295 g/mol. The largest absolute Gasteiger partial charge is 0.413 e. The van der Waals surface area contributed by atoms with Crippen molar-refractivity contribution in [2.24, 2.45) is 23.7 Å². The van der Waals surface area contributed by atoms with Gasteiger partial charge in [0.25, 0.3) is 0 Å². The van der Waals surface area contributed by atoms with Crippen molar-refractivity contribution in [2.75, 3.05) is 0 Å². The van der Waals surface area contributed by atoms with Gasteiger partial charge in [0.05, 0.1) is 6.10 Å². The Labute approximate surface area is 125 Å². The quantitative estimate of drug-likeness (QED) is 0.412. The van der Waals surface area contributed by atoms with Gasteiger partial charge in [-0.15, -0.1) is 0 Å². The van der Waals surface area contributed by atoms with E-state index >= 15 is 0 Å². The van der Waals surface area contributed by atoms with E-state index in [2.05, 4.69) is 39.8 Å². The predicted molar refractivity (Wildman–Crippen MR) is 86.1 cm³/mol. The van der Waals surface area contributed by atoms with Crippen LogP contribution < -0.4 is 0 Å². The number of hydrogen-bond donors (Lipinski definition) is 0. The van der Waals surface area contributed by atoms with Crippen LogP contribution in [0.5, 0.6) is 0 Å². The van der Waals surface area contributed by atoms with E-state index in [-0.39, 0.29) is 5.92 Å². The van der Waals surface area contributed by atoms with Crippen molar-refractivity contribution in [1.29, 1.82) is 0 Å². The van der Waals surface area contributed by atoms with Crippen molar-refractivity contribution < 1.29 is 9.22 Å². The second kappa shape index (κ2) is 6.57. The van der Waals surface area contributed by atoms with Crippen LogP contribution in [0.4, 0.5) is 0 Å². The first-order valence-electron chi connectivity index (χ1n) is 8.40. The molecule has 20 heavy (non-hydrogen) atoms. The van der Waals surface area contributed by atoms with E-state index in [4.69, 9.17) is 4.43 Å². The third-order valence-electron chi connectivity index (χ3n) is 5.91. The first-order valence-corrected chi connectivity index (χ1v) is 10.9. The van der Waals surface area contributed by atoms with E-state index in [9.17, 15) is 4.79 Å². The Morgan fingerprint density at radius 2 is 1.85 bits per heavy atom. The SMILES string of the molecule is CC[Si](CC)(CC)O[C@H]1[C@H]2CC=C[C@H](C=O)[C@H]2C[C@H]1C. The van der Waals surface area contributed by atoms with Gasteiger partial charge in [0.1, 0.15) is 6.29 Å². The molecule has 0 aromatic carbocycles. The fourth-order valence-corrected chi connectivity index (χ4v) is 7.31. The van der Waals surface area contributed by atoms with Gasteiger partial charge in [-0.05, 0) is 48.7 Å². The second-order valence-corrected chi connectivity index (χ2v) is 11.5. The van der Waals surface area contributed by atoms with Crippen molar-refractivity contribution in [3.05, 3.63) is 12.2 Å². The van der Waals surface area contributed by atoms with Crippen LogP contribution in [0.15, 0.2) is 12.2 Å². The molecule has 2 aliphatic rings. The number of carbonyl (C=O) groups is 1. The van der Waals surface area contributed by atoms with E-state index in [1.54, 1.807) is 0 Å². The summed E-state index contributed by atoms with van der Waals surface area (Å²) in [5, 5.41) is 0. The van der Waals surface area contributed by atoms with Crippen LogP contribution in [0.2, 0.25) is 18.1 Å². The van der Waals surface area contributed by atoms with Crippen LogP contribution in [0, 0.1) is 23.7 Å². The summed E-state index contributed by atoms with van der Waals surface area (Å²) in [4.78, 5) is 11.3. The smallest absolute Gasteiger partial charge is 0.192 e. The Kier molecular flexibility index (Phi) is 5.24. The lowest BCUT2D eigenvalue weighted by Crippen LogP contribution is -2.43. The molecule has 0 amide bonds. The number of hydrogen-bond acceptors (Lipinski definition) is 2. The summed E-state index contributed by atoms with van der Waals surface area (Å²) in [5.41, 5.74) is 0. The van der Waals surface area contributed by atoms with Gasteiger partial charge in [0.15, 0.2) is 8.32 Å². The lowest BCUT2D eigenvalue weighted by atomic mass is 9.78. The summed E-state index contributed by atoms with van der Waals surface area (Å²) < 4.78 is 6.81. The van der Waals surface area contributed by atoms with Crippen LogP contribution >= 0.6 is 0 Å². The minimum absolute atomic E-state index is 0.130. The van der Waals surface area contributed by atoms with Gasteiger partial charge >= 0.3 is 0 Å². The van der Waals surface area contributed by atoms with E-state index in [1.807, 2.05) is 0 Å². The number of rotatable bonds is 6. The topological polar surface area (TPSA) is 26.3 Å². The van der Waals surface area contributed by atoms with E-state index in [1.165, 1.54) is 18.1 Å².